The number of benzene rings is 2. The predicted molar refractivity (Wildman–Crippen MR) is 144 cm³/mol. The lowest BCUT2D eigenvalue weighted by molar-refractivity contribution is -0.192. The van der Waals surface area contributed by atoms with Crippen LogP contribution in [0.3, 0.4) is 0 Å². The second-order valence-electron chi connectivity index (χ2n) is 8.65. The maximum absolute atomic E-state index is 11.5. The third-order valence-corrected chi connectivity index (χ3v) is 5.74. The number of carboxylic acids is 2. The first kappa shape index (κ1) is 32.1. The summed E-state index contributed by atoms with van der Waals surface area (Å²) in [6.45, 7) is 8.67. The third-order valence-electron chi connectivity index (χ3n) is 5.74. The van der Waals surface area contributed by atoms with Crippen LogP contribution in [-0.2, 0) is 9.53 Å². The quantitative estimate of drug-likeness (QED) is 0.177. The van der Waals surface area contributed by atoms with Gasteiger partial charge in [-0.1, -0.05) is 6.07 Å². The summed E-state index contributed by atoms with van der Waals surface area (Å²) in [6, 6.07) is 14.5. The molecule has 2 aromatic rings. The molecule has 3 rings (SSSR count). The van der Waals surface area contributed by atoms with Crippen molar-refractivity contribution in [3.8, 4) is 0 Å². The molecule has 0 spiro atoms. The Bertz CT molecular complexity index is 1160. The van der Waals surface area contributed by atoms with Crippen LogP contribution in [0.2, 0.25) is 0 Å². The molecule has 0 saturated carbocycles. The van der Waals surface area contributed by atoms with E-state index in [0.29, 0.717) is 31.0 Å². The minimum atomic E-state index is -5.08. The summed E-state index contributed by atoms with van der Waals surface area (Å²) < 4.78 is 37.1. The van der Waals surface area contributed by atoms with Gasteiger partial charge in [-0.2, -0.15) is 13.2 Å². The number of carbonyl (C=O) groups excluding carboxylic acids is 1. The molecule has 2 aromatic carbocycles. The minimum absolute atomic E-state index is 0.0644. The number of aliphatic carboxylic acids is 1. The normalized spacial score (nSPS) is 13.8. The number of Topliss-reactive ketones (excluding diaryl/α,β-unsaturated/α-hetero) is 1. The number of nitrogens with one attached hydrogen (secondary N) is 1. The number of carboxylic acid groups (broad SMARTS) is 2. The molecule has 13 heteroatoms. The van der Waals surface area contributed by atoms with E-state index >= 15 is 0 Å². The summed E-state index contributed by atoms with van der Waals surface area (Å²) >= 11 is 0. The first-order chi connectivity index (χ1) is 18.9. The zero-order valence-electron chi connectivity index (χ0n) is 22.3. The van der Waals surface area contributed by atoms with E-state index in [-0.39, 0.29) is 11.3 Å². The molecule has 40 heavy (non-hydrogen) atoms. The van der Waals surface area contributed by atoms with Crippen LogP contribution in [0.25, 0.3) is 0 Å². The van der Waals surface area contributed by atoms with Crippen molar-refractivity contribution < 1.29 is 42.5 Å². The highest BCUT2D eigenvalue weighted by atomic mass is 19.4. The Morgan fingerprint density at radius 1 is 1.00 bits per heavy atom. The summed E-state index contributed by atoms with van der Waals surface area (Å²) in [5.41, 5.74) is 2.74. The van der Waals surface area contributed by atoms with Gasteiger partial charge in [0.1, 0.15) is 0 Å². The number of rotatable bonds is 9. The highest BCUT2D eigenvalue weighted by molar-refractivity contribution is 5.96. The number of ether oxygens (including phenoxy) is 1. The molecule has 0 atom stereocenters. The average molecular weight is 567 g/mol. The second kappa shape index (κ2) is 15.5. The fourth-order valence-electron chi connectivity index (χ4n) is 3.66. The molecule has 1 aliphatic heterocycles. The van der Waals surface area contributed by atoms with Crippen LogP contribution >= 0.6 is 0 Å². The zero-order chi connectivity index (χ0) is 29.7. The second-order valence-corrected chi connectivity index (χ2v) is 8.65. The number of piperazine rings is 1. The zero-order valence-corrected chi connectivity index (χ0v) is 22.3. The van der Waals surface area contributed by atoms with Crippen LogP contribution in [0, 0.1) is 0 Å². The summed E-state index contributed by atoms with van der Waals surface area (Å²) in [7, 11) is 0. The SMILES string of the molecule is CCOCCCN=C(Nc1cccc(C(=O)O)c1)N1CCN(c2ccc(C(C)=O)cc2)CC1.O=C(O)C(F)(F)F. The van der Waals surface area contributed by atoms with Crippen molar-refractivity contribution in [2.75, 3.05) is 56.2 Å². The van der Waals surface area contributed by atoms with E-state index in [1.807, 2.05) is 37.3 Å². The molecular formula is C27H33F3N4O6. The number of halogens is 3. The maximum atomic E-state index is 11.5. The van der Waals surface area contributed by atoms with Crippen molar-refractivity contribution in [2.45, 2.75) is 26.4 Å². The Kier molecular flexibility index (Phi) is 12.4. The molecular weight excluding hydrogens is 533 g/mol. The monoisotopic (exact) mass is 566 g/mol. The number of aromatic carboxylic acids is 1. The molecule has 1 saturated heterocycles. The summed E-state index contributed by atoms with van der Waals surface area (Å²) in [6.07, 6.45) is -4.27. The Morgan fingerprint density at radius 3 is 2.15 bits per heavy atom. The highest BCUT2D eigenvalue weighted by Gasteiger charge is 2.38. The molecule has 1 aliphatic rings. The van der Waals surface area contributed by atoms with Gasteiger partial charge in [0, 0.05) is 62.9 Å². The maximum Gasteiger partial charge on any atom is 0.490 e. The minimum Gasteiger partial charge on any atom is -0.478 e. The Labute approximate surface area is 230 Å². The van der Waals surface area contributed by atoms with Crippen LogP contribution in [-0.4, -0.2) is 90.9 Å². The van der Waals surface area contributed by atoms with E-state index in [1.54, 1.807) is 25.1 Å². The number of hydrogen-bond acceptors (Lipinski definition) is 6. The summed E-state index contributed by atoms with van der Waals surface area (Å²) in [4.78, 5) is 41.0. The van der Waals surface area contributed by atoms with Crippen molar-refractivity contribution in [2.24, 2.45) is 4.99 Å². The lowest BCUT2D eigenvalue weighted by atomic mass is 10.1. The number of hydrogen-bond donors (Lipinski definition) is 3. The number of carbonyl (C=O) groups is 3. The van der Waals surface area contributed by atoms with Gasteiger partial charge in [-0.3, -0.25) is 9.79 Å². The molecule has 10 nitrogen and oxygen atoms in total. The standard InChI is InChI=1S/C25H32N4O4.C2HF3O2/c1-3-33-17-5-12-26-25(27-22-7-4-6-21(18-22)24(31)32)29-15-13-28(14-16-29)23-10-8-20(9-11-23)19(2)30;3-2(4,5)1(6)7/h4,6-11,18H,3,5,12-17H2,1-2H3,(H,26,27)(H,31,32);(H,6,7). The van der Waals surface area contributed by atoms with Gasteiger partial charge in [0.25, 0.3) is 0 Å². The Morgan fingerprint density at radius 2 is 1.62 bits per heavy atom. The van der Waals surface area contributed by atoms with E-state index in [9.17, 15) is 27.9 Å². The number of guanidine groups is 1. The van der Waals surface area contributed by atoms with Crippen LogP contribution < -0.4 is 10.2 Å². The van der Waals surface area contributed by atoms with Crippen molar-refractivity contribution in [3.05, 3.63) is 59.7 Å². The average Bonchev–Trinajstić information content (AvgIpc) is 2.92. The molecule has 0 aliphatic carbocycles. The van der Waals surface area contributed by atoms with E-state index in [4.69, 9.17) is 19.6 Å². The van der Waals surface area contributed by atoms with E-state index in [2.05, 4.69) is 15.1 Å². The third kappa shape index (κ3) is 10.6. The smallest absolute Gasteiger partial charge is 0.478 e. The van der Waals surface area contributed by atoms with E-state index in [1.165, 1.54) is 0 Å². The number of ketones is 1. The lowest BCUT2D eigenvalue weighted by Gasteiger charge is -2.38. The van der Waals surface area contributed by atoms with Gasteiger partial charge >= 0.3 is 18.1 Å². The molecule has 1 fully saturated rings. The van der Waals surface area contributed by atoms with Crippen molar-refractivity contribution in [3.63, 3.8) is 0 Å². The predicted octanol–water partition coefficient (Wildman–Crippen LogP) is 4.24. The lowest BCUT2D eigenvalue weighted by Crippen LogP contribution is -2.50. The summed E-state index contributed by atoms with van der Waals surface area (Å²) in [5.74, 6) is -2.92. The van der Waals surface area contributed by atoms with Gasteiger partial charge in [-0.05, 0) is 62.7 Å². The van der Waals surface area contributed by atoms with Crippen molar-refractivity contribution in [1.82, 2.24) is 4.90 Å². The van der Waals surface area contributed by atoms with Crippen molar-refractivity contribution >= 4 is 35.1 Å². The Hall–Kier alpha value is -4.13. The number of nitrogens with zero attached hydrogens (tertiary/aromatic N) is 3. The van der Waals surface area contributed by atoms with Gasteiger partial charge < -0.3 is 30.1 Å². The number of aliphatic imine (C=N–C) groups is 1. The molecule has 0 aromatic heterocycles. The molecule has 218 valence electrons. The van der Waals surface area contributed by atoms with Crippen LogP contribution in [0.5, 0.6) is 0 Å². The first-order valence-electron chi connectivity index (χ1n) is 12.6. The molecule has 0 bridgehead atoms. The molecule has 0 amide bonds. The molecule has 3 N–H and O–H groups in total. The van der Waals surface area contributed by atoms with Gasteiger partial charge in [0.2, 0.25) is 0 Å². The van der Waals surface area contributed by atoms with Crippen LogP contribution in [0.4, 0.5) is 24.5 Å². The molecule has 1 heterocycles. The largest absolute Gasteiger partial charge is 0.490 e. The topological polar surface area (TPSA) is 132 Å². The number of anilines is 2. The van der Waals surface area contributed by atoms with E-state index in [0.717, 1.165) is 44.2 Å². The number of alkyl halides is 3. The highest BCUT2D eigenvalue weighted by Crippen LogP contribution is 2.19. The van der Waals surface area contributed by atoms with Crippen LogP contribution in [0.15, 0.2) is 53.5 Å². The van der Waals surface area contributed by atoms with Gasteiger partial charge in [0.05, 0.1) is 5.56 Å². The van der Waals surface area contributed by atoms with Gasteiger partial charge in [0.15, 0.2) is 11.7 Å². The summed E-state index contributed by atoms with van der Waals surface area (Å²) in [5, 5.41) is 19.7. The first-order valence-corrected chi connectivity index (χ1v) is 12.6. The van der Waals surface area contributed by atoms with Gasteiger partial charge in [-0.25, -0.2) is 9.59 Å². The fourth-order valence-corrected chi connectivity index (χ4v) is 3.66. The fraction of sp³-hybridized carbons (Fsp3) is 0.407. The molecule has 0 radical (unpaired) electrons. The van der Waals surface area contributed by atoms with Crippen LogP contribution in [0.1, 0.15) is 41.0 Å². The van der Waals surface area contributed by atoms with Crippen molar-refractivity contribution in [1.29, 1.82) is 0 Å². The van der Waals surface area contributed by atoms with Gasteiger partial charge in [-0.15, -0.1) is 0 Å². The molecule has 0 unspecified atom stereocenters. The Balaban J connectivity index is 0.000000708. The van der Waals surface area contributed by atoms with E-state index < -0.39 is 18.1 Å².